The van der Waals surface area contributed by atoms with Gasteiger partial charge in [0.1, 0.15) is 17.4 Å². The second-order valence-electron chi connectivity index (χ2n) is 7.31. The molecule has 0 saturated heterocycles. The highest BCUT2D eigenvalue weighted by Crippen LogP contribution is 2.36. The van der Waals surface area contributed by atoms with Crippen LogP contribution in [0, 0.1) is 6.92 Å². The zero-order chi connectivity index (χ0) is 22.5. The van der Waals surface area contributed by atoms with Crippen LogP contribution in [0.3, 0.4) is 0 Å². The lowest BCUT2D eigenvalue weighted by atomic mass is 10.1. The van der Waals surface area contributed by atoms with E-state index in [0.717, 1.165) is 34.5 Å². The number of aromatic nitrogens is 2. The Bertz CT molecular complexity index is 1220. The minimum absolute atomic E-state index is 0.649. The topological polar surface area (TPSA) is 65.5 Å². The molecule has 2 heterocycles. The van der Waals surface area contributed by atoms with Gasteiger partial charge in [-0.05, 0) is 43.7 Å². The van der Waals surface area contributed by atoms with E-state index < -0.39 is 0 Å². The lowest BCUT2D eigenvalue weighted by Crippen LogP contribution is -2.04. The normalized spacial score (nSPS) is 10.9. The fourth-order valence-electron chi connectivity index (χ4n) is 3.50. The Kier molecular flexibility index (Phi) is 6.75. The van der Waals surface area contributed by atoms with Gasteiger partial charge >= 0.3 is 0 Å². The first kappa shape index (κ1) is 21.9. The number of hydrogen-bond acceptors (Lipinski definition) is 7. The van der Waals surface area contributed by atoms with E-state index in [-0.39, 0.29) is 0 Å². The Balaban J connectivity index is 1.58. The molecule has 166 valence electrons. The zero-order valence-corrected chi connectivity index (χ0v) is 19.6. The lowest BCUT2D eigenvalue weighted by molar-refractivity contribution is 0.319. The second kappa shape index (κ2) is 9.87. The van der Waals surface area contributed by atoms with Gasteiger partial charge in [0, 0.05) is 26.8 Å². The molecule has 0 unspecified atom stereocenters. The van der Waals surface area contributed by atoms with Crippen LogP contribution in [0.15, 0.2) is 48.5 Å². The number of methoxy groups -OCH3 is 2. The average molecular weight is 450 g/mol. The van der Waals surface area contributed by atoms with Crippen LogP contribution < -0.4 is 19.5 Å². The quantitative estimate of drug-likeness (QED) is 0.334. The largest absolute Gasteiger partial charge is 0.493 e. The molecule has 32 heavy (non-hydrogen) atoms. The van der Waals surface area contributed by atoms with Gasteiger partial charge in [-0.2, -0.15) is 0 Å². The molecule has 0 radical (unpaired) electrons. The van der Waals surface area contributed by atoms with Crippen molar-refractivity contribution in [2.75, 3.05) is 26.1 Å². The van der Waals surface area contributed by atoms with Crippen molar-refractivity contribution in [1.29, 1.82) is 0 Å². The molecule has 4 rings (SSSR count). The van der Waals surface area contributed by atoms with E-state index in [1.807, 2.05) is 37.3 Å². The van der Waals surface area contributed by atoms with E-state index in [0.29, 0.717) is 30.5 Å². The molecule has 4 aromatic rings. The summed E-state index contributed by atoms with van der Waals surface area (Å²) in [6, 6.07) is 16.3. The molecule has 2 aromatic carbocycles. The predicted octanol–water partition coefficient (Wildman–Crippen LogP) is 6.08. The highest BCUT2D eigenvalue weighted by atomic mass is 32.1. The molecule has 0 fully saturated rings. The van der Waals surface area contributed by atoms with E-state index in [9.17, 15) is 0 Å². The fraction of sp³-hybridized carbons (Fsp3) is 0.280. The molecule has 0 bridgehead atoms. The molecular weight excluding hydrogens is 422 g/mol. The molecule has 6 nitrogen and oxygen atoms in total. The minimum atomic E-state index is 0.649. The van der Waals surface area contributed by atoms with Crippen molar-refractivity contribution in [3.63, 3.8) is 0 Å². The molecule has 1 N–H and O–H groups in total. The van der Waals surface area contributed by atoms with Gasteiger partial charge in [-0.3, -0.25) is 0 Å². The van der Waals surface area contributed by atoms with Crippen molar-refractivity contribution in [2.24, 2.45) is 0 Å². The van der Waals surface area contributed by atoms with Crippen LogP contribution in [-0.2, 0) is 6.54 Å². The number of nitrogens with one attached hydrogen (secondary N) is 1. The Morgan fingerprint density at radius 3 is 2.50 bits per heavy atom. The van der Waals surface area contributed by atoms with Crippen LogP contribution in [0.4, 0.5) is 5.82 Å². The lowest BCUT2D eigenvalue weighted by Gasteiger charge is -2.13. The summed E-state index contributed by atoms with van der Waals surface area (Å²) in [4.78, 5) is 11.6. The Morgan fingerprint density at radius 1 is 0.938 bits per heavy atom. The number of nitrogens with zero attached hydrogens (tertiary/aromatic N) is 2. The summed E-state index contributed by atoms with van der Waals surface area (Å²) in [7, 11) is 3.25. The number of hydrogen-bond donors (Lipinski definition) is 1. The monoisotopic (exact) mass is 449 g/mol. The molecule has 0 saturated carbocycles. The average Bonchev–Trinajstić information content (AvgIpc) is 3.29. The zero-order valence-electron chi connectivity index (χ0n) is 18.8. The number of thiophene rings is 1. The summed E-state index contributed by atoms with van der Waals surface area (Å²) in [6.45, 7) is 5.37. The van der Waals surface area contributed by atoms with Crippen molar-refractivity contribution in [1.82, 2.24) is 9.97 Å². The van der Waals surface area contributed by atoms with Crippen LogP contribution in [0.5, 0.6) is 17.2 Å². The third-order valence-electron chi connectivity index (χ3n) is 5.02. The maximum atomic E-state index is 5.93. The van der Waals surface area contributed by atoms with Gasteiger partial charge in [-0.25, -0.2) is 9.97 Å². The van der Waals surface area contributed by atoms with E-state index >= 15 is 0 Å². The van der Waals surface area contributed by atoms with Gasteiger partial charge in [0.15, 0.2) is 11.5 Å². The van der Waals surface area contributed by atoms with Crippen LogP contribution >= 0.6 is 11.3 Å². The smallest absolute Gasteiger partial charge is 0.162 e. The summed E-state index contributed by atoms with van der Waals surface area (Å²) in [6.07, 6.45) is 0.983. The SMILES string of the molecule is CCCOc1ccccc1-c1ccc(CNc2nc(C)nc3cc(OC)c(OC)cc23)s1. The van der Waals surface area contributed by atoms with Gasteiger partial charge in [0.25, 0.3) is 0 Å². The number of aryl methyl sites for hydroxylation is 1. The number of fused-ring (bicyclic) bond motifs is 1. The number of rotatable bonds is 9. The predicted molar refractivity (Wildman–Crippen MR) is 130 cm³/mol. The van der Waals surface area contributed by atoms with Gasteiger partial charge in [-0.1, -0.05) is 19.1 Å². The third-order valence-corrected chi connectivity index (χ3v) is 6.14. The summed E-state index contributed by atoms with van der Waals surface area (Å²) in [5.41, 5.74) is 1.93. The summed E-state index contributed by atoms with van der Waals surface area (Å²) in [5.74, 6) is 3.69. The van der Waals surface area contributed by atoms with Gasteiger partial charge < -0.3 is 19.5 Å². The van der Waals surface area contributed by atoms with Crippen molar-refractivity contribution in [3.8, 4) is 27.7 Å². The Hall–Kier alpha value is -3.32. The summed E-state index contributed by atoms with van der Waals surface area (Å²) >= 11 is 1.75. The number of para-hydroxylation sites is 1. The molecule has 0 amide bonds. The first-order valence-electron chi connectivity index (χ1n) is 10.6. The highest BCUT2D eigenvalue weighted by Gasteiger charge is 2.13. The molecule has 2 aromatic heterocycles. The Morgan fingerprint density at radius 2 is 1.72 bits per heavy atom. The van der Waals surface area contributed by atoms with Crippen molar-refractivity contribution >= 4 is 28.1 Å². The first-order chi connectivity index (χ1) is 15.6. The number of ether oxygens (including phenoxy) is 3. The van der Waals surface area contributed by atoms with E-state index in [4.69, 9.17) is 14.2 Å². The minimum Gasteiger partial charge on any atom is -0.493 e. The van der Waals surface area contributed by atoms with E-state index in [1.54, 1.807) is 25.6 Å². The standard InChI is InChI=1S/C25H27N3O3S/c1-5-12-31-21-9-7-6-8-18(21)24-11-10-17(32-24)15-26-25-19-13-22(29-3)23(30-4)14-20(19)27-16(2)28-25/h6-11,13-14H,5,12,15H2,1-4H3,(H,26,27,28). The molecule has 7 heteroatoms. The first-order valence-corrected chi connectivity index (χ1v) is 11.4. The van der Waals surface area contributed by atoms with Crippen molar-refractivity contribution in [3.05, 3.63) is 59.2 Å². The third kappa shape index (κ3) is 4.62. The van der Waals surface area contributed by atoms with E-state index in [2.05, 4.69) is 40.4 Å². The number of benzene rings is 2. The van der Waals surface area contributed by atoms with Crippen LogP contribution in [-0.4, -0.2) is 30.8 Å². The van der Waals surface area contributed by atoms with Crippen LogP contribution in [0.1, 0.15) is 24.0 Å². The highest BCUT2D eigenvalue weighted by molar-refractivity contribution is 7.15. The summed E-state index contributed by atoms with van der Waals surface area (Å²) < 4.78 is 16.8. The second-order valence-corrected chi connectivity index (χ2v) is 8.48. The number of anilines is 1. The van der Waals surface area contributed by atoms with Gasteiger partial charge in [-0.15, -0.1) is 11.3 Å². The fourth-order valence-corrected chi connectivity index (χ4v) is 4.48. The van der Waals surface area contributed by atoms with Crippen LogP contribution in [0.2, 0.25) is 0 Å². The van der Waals surface area contributed by atoms with Gasteiger partial charge in [0.05, 0.1) is 32.9 Å². The van der Waals surface area contributed by atoms with Crippen molar-refractivity contribution < 1.29 is 14.2 Å². The van der Waals surface area contributed by atoms with Crippen LogP contribution in [0.25, 0.3) is 21.3 Å². The molecule has 0 aliphatic carbocycles. The Labute approximate surface area is 192 Å². The van der Waals surface area contributed by atoms with Gasteiger partial charge in [0.2, 0.25) is 0 Å². The molecular formula is C25H27N3O3S. The maximum absolute atomic E-state index is 5.93. The molecule has 0 aliphatic rings. The molecule has 0 aliphatic heterocycles. The van der Waals surface area contributed by atoms with Crippen molar-refractivity contribution in [2.45, 2.75) is 26.8 Å². The summed E-state index contributed by atoms with van der Waals surface area (Å²) in [5, 5.41) is 4.37. The van der Waals surface area contributed by atoms with E-state index in [1.165, 1.54) is 9.75 Å². The maximum Gasteiger partial charge on any atom is 0.162 e. The molecule has 0 atom stereocenters. The molecule has 0 spiro atoms.